The fourth-order valence-corrected chi connectivity index (χ4v) is 4.28. The zero-order valence-corrected chi connectivity index (χ0v) is 25.2. The number of nitrogens with zero attached hydrogens (tertiary/aromatic N) is 1. The van der Waals surface area contributed by atoms with Crippen molar-refractivity contribution in [2.45, 2.75) is 51.9 Å². The van der Waals surface area contributed by atoms with Gasteiger partial charge in [0.25, 0.3) is 0 Å². The monoisotopic (exact) mass is 603 g/mol. The number of aromatic nitrogens is 1. The molecule has 0 atom stereocenters. The summed E-state index contributed by atoms with van der Waals surface area (Å²) in [5, 5.41) is 0.906. The number of benzene rings is 2. The van der Waals surface area contributed by atoms with Crippen molar-refractivity contribution in [3.8, 4) is 11.5 Å². The van der Waals surface area contributed by atoms with E-state index in [9.17, 15) is 9.59 Å². The van der Waals surface area contributed by atoms with Crippen molar-refractivity contribution in [3.05, 3.63) is 125 Å². The summed E-state index contributed by atoms with van der Waals surface area (Å²) in [5.41, 5.74) is 1.71. The van der Waals surface area contributed by atoms with E-state index in [0.29, 0.717) is 39.0 Å². The lowest BCUT2D eigenvalue weighted by atomic mass is 10.2. The molecule has 1 heterocycles. The standard InChI is InChI=1S/C35H35Cl2NO4/c1-2-3-4-5-6-7-8-9-10-11-12-13-14-15-16-17-18-19-20-33(39)42-35(40)27-21-22-31-32(25-27)41-34(38-31)28-23-29(36)26-30(37)24-28/h3-4,6-7,9-10,12-13,15-16,18-19,21-26H,2,5,8,11,14,17,20H2,1H3/b4-3-,7-6-,10-9-,13-12-,16-15-,19-18-. The summed E-state index contributed by atoms with van der Waals surface area (Å²) in [4.78, 5) is 29.0. The van der Waals surface area contributed by atoms with Crippen LogP contribution in [0.25, 0.3) is 22.6 Å². The van der Waals surface area contributed by atoms with E-state index in [0.717, 1.165) is 32.1 Å². The molecule has 3 rings (SSSR count). The molecule has 218 valence electrons. The SMILES string of the molecule is CC/C=C\C/C=C\C/C=C\C/C=C\C/C=C\C/C=C\CC(=O)OC(=O)c1ccc2nc(-c3cc(Cl)cc(Cl)c3)oc2c1. The summed E-state index contributed by atoms with van der Waals surface area (Å²) in [6.45, 7) is 2.14. The Bertz CT molecular complexity index is 1490. The molecule has 0 aliphatic rings. The Morgan fingerprint density at radius 1 is 0.738 bits per heavy atom. The third kappa shape index (κ3) is 11.9. The van der Waals surface area contributed by atoms with Gasteiger partial charge >= 0.3 is 11.9 Å². The Kier molecular flexibility index (Phi) is 14.3. The van der Waals surface area contributed by atoms with Crippen molar-refractivity contribution in [1.82, 2.24) is 4.98 Å². The Balaban J connectivity index is 1.34. The Morgan fingerprint density at radius 3 is 1.81 bits per heavy atom. The van der Waals surface area contributed by atoms with Crippen molar-refractivity contribution >= 4 is 46.2 Å². The third-order valence-corrected chi connectivity index (χ3v) is 6.26. The quantitative estimate of drug-likeness (QED) is 0.0981. The number of hydrogen-bond acceptors (Lipinski definition) is 5. The molecule has 0 bridgehead atoms. The summed E-state index contributed by atoms with van der Waals surface area (Å²) in [6, 6.07) is 9.63. The number of esters is 2. The average Bonchev–Trinajstić information content (AvgIpc) is 3.40. The lowest BCUT2D eigenvalue weighted by Crippen LogP contribution is -2.11. The molecule has 0 amide bonds. The zero-order valence-electron chi connectivity index (χ0n) is 23.7. The van der Waals surface area contributed by atoms with Gasteiger partial charge in [0.1, 0.15) is 5.52 Å². The van der Waals surface area contributed by atoms with E-state index in [4.69, 9.17) is 32.4 Å². The van der Waals surface area contributed by atoms with Gasteiger partial charge in [-0.1, -0.05) is 103 Å². The molecule has 0 aliphatic heterocycles. The molecule has 5 nitrogen and oxygen atoms in total. The van der Waals surface area contributed by atoms with Crippen LogP contribution in [0.3, 0.4) is 0 Å². The van der Waals surface area contributed by atoms with E-state index < -0.39 is 11.9 Å². The molecule has 0 spiro atoms. The normalized spacial score (nSPS) is 12.5. The molecule has 0 fully saturated rings. The number of allylic oxidation sites excluding steroid dienone is 11. The van der Waals surface area contributed by atoms with Crippen molar-refractivity contribution in [2.24, 2.45) is 0 Å². The lowest BCUT2D eigenvalue weighted by molar-refractivity contribution is -0.136. The van der Waals surface area contributed by atoms with Gasteiger partial charge in [-0.05, 0) is 74.9 Å². The van der Waals surface area contributed by atoms with Gasteiger partial charge in [0, 0.05) is 15.6 Å². The topological polar surface area (TPSA) is 69.4 Å². The number of oxazole rings is 1. The number of halogens is 2. The van der Waals surface area contributed by atoms with Gasteiger partial charge in [-0.25, -0.2) is 9.78 Å². The molecule has 2 aromatic carbocycles. The Hall–Kier alpha value is -3.93. The molecular formula is C35H35Cl2NO4. The fourth-order valence-electron chi connectivity index (χ4n) is 3.76. The number of carbonyl (C=O) groups is 2. The van der Waals surface area contributed by atoms with E-state index in [1.807, 2.05) is 12.2 Å². The Labute approximate surface area is 257 Å². The highest BCUT2D eigenvalue weighted by molar-refractivity contribution is 6.35. The lowest BCUT2D eigenvalue weighted by Gasteiger charge is -2.01. The maximum Gasteiger partial charge on any atom is 0.345 e. The molecule has 1 aromatic heterocycles. The highest BCUT2D eigenvalue weighted by Gasteiger charge is 2.16. The van der Waals surface area contributed by atoms with Crippen LogP contribution in [-0.2, 0) is 9.53 Å². The number of ether oxygens (including phenoxy) is 1. The molecular weight excluding hydrogens is 569 g/mol. The average molecular weight is 605 g/mol. The first-order valence-corrected chi connectivity index (χ1v) is 14.7. The van der Waals surface area contributed by atoms with Crippen LogP contribution in [0.1, 0.15) is 62.2 Å². The Morgan fingerprint density at radius 2 is 1.26 bits per heavy atom. The van der Waals surface area contributed by atoms with Crippen LogP contribution in [0.4, 0.5) is 0 Å². The summed E-state index contributed by atoms with van der Waals surface area (Å²) in [6.07, 6.45) is 30.5. The minimum Gasteiger partial charge on any atom is -0.436 e. The maximum absolute atomic E-state index is 12.5. The molecule has 0 radical (unpaired) electrons. The number of hydrogen-bond donors (Lipinski definition) is 0. The van der Waals surface area contributed by atoms with E-state index in [-0.39, 0.29) is 12.0 Å². The summed E-state index contributed by atoms with van der Waals surface area (Å²) < 4.78 is 10.8. The van der Waals surface area contributed by atoms with Crippen LogP contribution >= 0.6 is 23.2 Å². The van der Waals surface area contributed by atoms with Gasteiger partial charge in [-0.15, -0.1) is 0 Å². The van der Waals surface area contributed by atoms with Crippen LogP contribution in [0.5, 0.6) is 0 Å². The van der Waals surface area contributed by atoms with E-state index in [1.165, 1.54) is 12.1 Å². The van der Waals surface area contributed by atoms with Gasteiger partial charge in [0.15, 0.2) is 5.58 Å². The van der Waals surface area contributed by atoms with Crippen LogP contribution in [0.2, 0.25) is 10.0 Å². The van der Waals surface area contributed by atoms with Crippen LogP contribution in [-0.4, -0.2) is 16.9 Å². The first kappa shape index (κ1) is 32.6. The van der Waals surface area contributed by atoms with Crippen LogP contribution in [0.15, 0.2) is 114 Å². The largest absolute Gasteiger partial charge is 0.436 e. The highest BCUT2D eigenvalue weighted by Crippen LogP contribution is 2.29. The molecule has 3 aromatic rings. The van der Waals surface area contributed by atoms with E-state index in [1.54, 1.807) is 30.3 Å². The molecule has 0 unspecified atom stereocenters. The van der Waals surface area contributed by atoms with Crippen molar-refractivity contribution < 1.29 is 18.7 Å². The van der Waals surface area contributed by atoms with Crippen LogP contribution < -0.4 is 0 Å². The molecule has 0 saturated heterocycles. The molecule has 0 N–H and O–H groups in total. The zero-order chi connectivity index (χ0) is 30.0. The predicted molar refractivity (Wildman–Crippen MR) is 173 cm³/mol. The molecule has 0 aliphatic carbocycles. The van der Waals surface area contributed by atoms with Crippen LogP contribution in [0, 0.1) is 0 Å². The minimum atomic E-state index is -0.753. The van der Waals surface area contributed by atoms with Gasteiger partial charge in [0.05, 0.1) is 12.0 Å². The predicted octanol–water partition coefficient (Wildman–Crippen LogP) is 10.6. The van der Waals surface area contributed by atoms with Gasteiger partial charge < -0.3 is 9.15 Å². The van der Waals surface area contributed by atoms with E-state index in [2.05, 4.69) is 66.6 Å². The number of fused-ring (bicyclic) bond motifs is 1. The van der Waals surface area contributed by atoms with Crippen molar-refractivity contribution in [2.75, 3.05) is 0 Å². The third-order valence-electron chi connectivity index (χ3n) is 5.82. The van der Waals surface area contributed by atoms with Gasteiger partial charge in [0.2, 0.25) is 5.89 Å². The first-order chi connectivity index (χ1) is 20.5. The van der Waals surface area contributed by atoms with Crippen molar-refractivity contribution in [3.63, 3.8) is 0 Å². The van der Waals surface area contributed by atoms with Crippen molar-refractivity contribution in [1.29, 1.82) is 0 Å². The minimum absolute atomic E-state index is 0.000667. The second-order valence-corrected chi connectivity index (χ2v) is 10.1. The van der Waals surface area contributed by atoms with Gasteiger partial charge in [-0.3, -0.25) is 4.79 Å². The summed E-state index contributed by atoms with van der Waals surface area (Å²) in [7, 11) is 0. The second-order valence-electron chi connectivity index (χ2n) is 9.24. The van der Waals surface area contributed by atoms with Gasteiger partial charge in [-0.2, -0.15) is 0 Å². The smallest absolute Gasteiger partial charge is 0.345 e. The molecule has 0 saturated carbocycles. The summed E-state index contributed by atoms with van der Waals surface area (Å²) >= 11 is 12.1. The van der Waals surface area contributed by atoms with E-state index >= 15 is 0 Å². The highest BCUT2D eigenvalue weighted by atomic mass is 35.5. The number of rotatable bonds is 15. The fraction of sp³-hybridized carbons (Fsp3) is 0.229. The summed E-state index contributed by atoms with van der Waals surface area (Å²) in [5.74, 6) is -1.07. The second kappa shape index (κ2) is 18.5. The maximum atomic E-state index is 12.5. The number of carbonyl (C=O) groups excluding carboxylic acids is 2. The molecule has 42 heavy (non-hydrogen) atoms. The molecule has 7 heteroatoms. The first-order valence-electron chi connectivity index (χ1n) is 14.0.